The van der Waals surface area contributed by atoms with E-state index in [1.165, 1.54) is 6.33 Å². The fraction of sp³-hybridized carbons (Fsp3) is 0.741. The van der Waals surface area contributed by atoms with Gasteiger partial charge in [0.05, 0.1) is 24.7 Å². The normalized spacial score (nSPS) is 14.8. The molecule has 11 nitrogen and oxygen atoms in total. The van der Waals surface area contributed by atoms with E-state index in [2.05, 4.69) is 52.9 Å². The van der Waals surface area contributed by atoms with Crippen LogP contribution in [0.15, 0.2) is 17.8 Å². The molecule has 0 saturated heterocycles. The second-order valence-electron chi connectivity index (χ2n) is 11.3. The average Bonchev–Trinajstić information content (AvgIpc) is 3.22. The lowest BCUT2D eigenvalue weighted by atomic mass is 9.96. The summed E-state index contributed by atoms with van der Waals surface area (Å²) < 4.78 is 18.3. The molecule has 2 aromatic heterocycles. The number of anilines is 1. The lowest BCUT2D eigenvalue weighted by molar-refractivity contribution is -0.158. The van der Waals surface area contributed by atoms with E-state index in [1.54, 1.807) is 6.33 Å². The smallest absolute Gasteiger partial charge is 0.326 e. The monoisotopic (exact) mass is 565 g/mol. The van der Waals surface area contributed by atoms with Gasteiger partial charge in [-0.3, -0.25) is 4.79 Å². The maximum Gasteiger partial charge on any atom is 0.326 e. The van der Waals surface area contributed by atoms with Gasteiger partial charge in [0, 0.05) is 6.61 Å². The molecule has 3 rings (SSSR count). The Bertz CT molecular complexity index is 1040. The van der Waals surface area contributed by atoms with Gasteiger partial charge < -0.3 is 24.4 Å². The molecular formula is C27H48N7O4P. The summed E-state index contributed by atoms with van der Waals surface area (Å²) in [6, 6.07) is 0. The Morgan fingerprint density at radius 2 is 1.85 bits per heavy atom. The maximum absolute atomic E-state index is 12.1. The van der Waals surface area contributed by atoms with E-state index >= 15 is 0 Å². The van der Waals surface area contributed by atoms with E-state index in [-0.39, 0.29) is 27.1 Å². The van der Waals surface area contributed by atoms with Crippen molar-refractivity contribution in [1.82, 2.24) is 24.6 Å². The zero-order valence-electron chi connectivity index (χ0n) is 24.9. The van der Waals surface area contributed by atoms with Crippen molar-refractivity contribution in [2.45, 2.75) is 112 Å². The van der Waals surface area contributed by atoms with Crippen LogP contribution >= 0.6 is 8.96 Å². The van der Waals surface area contributed by atoms with Crippen LogP contribution in [0.1, 0.15) is 87.5 Å². The number of aromatic nitrogens is 4. The summed E-state index contributed by atoms with van der Waals surface area (Å²) in [5.74, 6) is 1.31. The topological polar surface area (TPSA) is 139 Å². The average molecular weight is 566 g/mol. The summed E-state index contributed by atoms with van der Waals surface area (Å²) >= 11 is 0. The number of rotatable bonds is 14. The Hall–Kier alpha value is -2.36. The first kappa shape index (κ1) is 32.8. The molecule has 12 heteroatoms. The number of nitrogens with one attached hydrogen (secondary N) is 1. The third kappa shape index (κ3) is 11.3. The highest BCUT2D eigenvalue weighted by Gasteiger charge is 2.33. The number of ether oxygens (including phenoxy) is 2. The van der Waals surface area contributed by atoms with E-state index < -0.39 is 5.54 Å². The van der Waals surface area contributed by atoms with Gasteiger partial charge in [0.25, 0.3) is 0 Å². The maximum atomic E-state index is 12.1. The first-order valence-electron chi connectivity index (χ1n) is 13.9. The molecule has 0 amide bonds. The first-order chi connectivity index (χ1) is 18.4. The van der Waals surface area contributed by atoms with Crippen LogP contribution in [0.4, 0.5) is 5.82 Å². The van der Waals surface area contributed by atoms with Gasteiger partial charge in [-0.25, -0.2) is 20.0 Å². The van der Waals surface area contributed by atoms with Crippen molar-refractivity contribution in [3.63, 3.8) is 0 Å². The summed E-state index contributed by atoms with van der Waals surface area (Å²) in [6.45, 7) is 17.7. The van der Waals surface area contributed by atoms with Crippen LogP contribution in [0.25, 0.3) is 11.2 Å². The first-order valence-corrected chi connectivity index (χ1v) is 14.8. The number of hydrogen-bond acceptors (Lipinski definition) is 10. The Labute approximate surface area is 235 Å². The van der Waals surface area contributed by atoms with Crippen molar-refractivity contribution in [2.24, 2.45) is 17.0 Å². The molecule has 2 aromatic rings. The third-order valence-corrected chi connectivity index (χ3v) is 6.95. The molecule has 0 aliphatic heterocycles. The number of imidazole rings is 1. The Morgan fingerprint density at radius 3 is 2.41 bits per heavy atom. The third-order valence-electron chi connectivity index (χ3n) is 6.04. The molecule has 0 spiro atoms. The largest absolute Gasteiger partial charge is 0.461 e. The number of nitrogens with zero attached hydrogens (tertiary/aromatic N) is 5. The van der Waals surface area contributed by atoms with Gasteiger partial charge in [-0.15, -0.1) is 0 Å². The van der Waals surface area contributed by atoms with Crippen LogP contribution in [0.2, 0.25) is 0 Å². The zero-order chi connectivity index (χ0) is 29.0. The number of esters is 1. The fourth-order valence-electron chi connectivity index (χ4n) is 3.82. The predicted molar refractivity (Wildman–Crippen MR) is 158 cm³/mol. The van der Waals surface area contributed by atoms with Crippen LogP contribution in [-0.4, -0.2) is 55.6 Å². The summed E-state index contributed by atoms with van der Waals surface area (Å²) in [4.78, 5) is 24.4. The minimum absolute atomic E-state index is 0.0607. The number of carbonyl (C=O) groups is 1. The lowest BCUT2D eigenvalue weighted by Gasteiger charge is -2.30. The Balaban J connectivity index is 0.000000290. The van der Waals surface area contributed by atoms with Gasteiger partial charge in [0.1, 0.15) is 23.5 Å². The van der Waals surface area contributed by atoms with E-state index in [1.807, 2.05) is 32.3 Å². The van der Waals surface area contributed by atoms with E-state index in [9.17, 15) is 4.79 Å². The second kappa shape index (κ2) is 16.0. The lowest BCUT2D eigenvalue weighted by Crippen LogP contribution is -2.46. The molecule has 0 bridgehead atoms. The van der Waals surface area contributed by atoms with Crippen molar-refractivity contribution in [3.05, 3.63) is 12.7 Å². The molecule has 3 N–H and O–H groups in total. The van der Waals surface area contributed by atoms with Crippen molar-refractivity contribution in [1.29, 1.82) is 0 Å². The predicted octanol–water partition coefficient (Wildman–Crippen LogP) is 5.26. The molecular weight excluding hydrogens is 517 g/mol. The van der Waals surface area contributed by atoms with Crippen molar-refractivity contribution in [2.75, 3.05) is 12.3 Å². The number of nitrogen functional groups attached to an aromatic ring is 1. The van der Waals surface area contributed by atoms with Crippen LogP contribution in [0.5, 0.6) is 0 Å². The van der Waals surface area contributed by atoms with Gasteiger partial charge in [0.15, 0.2) is 20.4 Å². The number of oxime groups is 1. The van der Waals surface area contributed by atoms with Crippen molar-refractivity contribution in [3.8, 4) is 0 Å². The van der Waals surface area contributed by atoms with E-state index in [0.29, 0.717) is 36.3 Å². The van der Waals surface area contributed by atoms with Gasteiger partial charge in [-0.05, 0) is 71.6 Å². The minimum Gasteiger partial charge on any atom is -0.461 e. The van der Waals surface area contributed by atoms with Gasteiger partial charge in [-0.2, -0.15) is 0 Å². The van der Waals surface area contributed by atoms with Crippen LogP contribution < -0.4 is 10.8 Å². The summed E-state index contributed by atoms with van der Waals surface area (Å²) in [6.07, 6.45) is 8.39. The van der Waals surface area contributed by atoms with Crippen molar-refractivity contribution < 1.29 is 18.9 Å². The highest BCUT2D eigenvalue weighted by atomic mass is 31.1. The van der Waals surface area contributed by atoms with Crippen molar-refractivity contribution >= 4 is 37.6 Å². The van der Waals surface area contributed by atoms with Gasteiger partial charge >= 0.3 is 5.97 Å². The SMILES string of the molecule is CC(C)CC(CC(C)C)=NOPNC(C)(C)C(=O)OC1CCC1.CCO[C@H](C)Cn1cnc2c(N)ncnc21. The minimum atomic E-state index is -0.750. The summed E-state index contributed by atoms with van der Waals surface area (Å²) in [5.41, 5.74) is 7.43. The molecule has 1 aliphatic carbocycles. The molecule has 1 unspecified atom stereocenters. The molecule has 0 aromatic carbocycles. The van der Waals surface area contributed by atoms with Crippen LogP contribution in [0, 0.1) is 11.8 Å². The molecule has 2 atom stereocenters. The Kier molecular flexibility index (Phi) is 13.5. The molecule has 1 aliphatic rings. The number of nitrogens with two attached hydrogens (primary N) is 1. The molecule has 220 valence electrons. The fourth-order valence-corrected chi connectivity index (χ4v) is 4.40. The highest BCUT2D eigenvalue weighted by Crippen LogP contribution is 2.25. The number of carbonyl (C=O) groups excluding carboxylic acids is 1. The standard InChI is InChI=1S/C17H33N2O3P.C10H15N5O/c1-12(2)10-14(11-13(3)4)18-22-23-19-17(5,6)16(20)21-15-8-7-9-15;1-3-16-7(2)4-15-6-14-8-9(11)12-5-13-10(8)15/h12-13,15,19,23H,7-11H2,1-6H3;5-7H,3-4H2,1-2H3,(H2,11,12,13)/t;7-/m.1/s1. The second-order valence-corrected chi connectivity index (χ2v) is 12.0. The molecule has 1 saturated carbocycles. The molecule has 2 heterocycles. The van der Waals surface area contributed by atoms with Crippen LogP contribution in [-0.2, 0) is 25.4 Å². The summed E-state index contributed by atoms with van der Waals surface area (Å²) in [7, 11) is -0.0607. The van der Waals surface area contributed by atoms with E-state index in [0.717, 1.165) is 43.5 Å². The molecule has 39 heavy (non-hydrogen) atoms. The van der Waals surface area contributed by atoms with Crippen LogP contribution in [0.3, 0.4) is 0 Å². The van der Waals surface area contributed by atoms with Gasteiger partial charge in [-0.1, -0.05) is 32.9 Å². The number of fused-ring (bicyclic) bond motifs is 1. The Morgan fingerprint density at radius 1 is 1.18 bits per heavy atom. The van der Waals surface area contributed by atoms with Gasteiger partial charge in [0.2, 0.25) is 0 Å². The summed E-state index contributed by atoms with van der Waals surface area (Å²) in [5, 5.41) is 7.37. The zero-order valence-corrected chi connectivity index (χ0v) is 25.9. The quantitative estimate of drug-likeness (QED) is 0.103. The highest BCUT2D eigenvalue weighted by molar-refractivity contribution is 7.29. The molecule has 0 radical (unpaired) electrons. The van der Waals surface area contributed by atoms with E-state index in [4.69, 9.17) is 19.8 Å². The molecule has 1 fully saturated rings. The number of hydrogen-bond donors (Lipinski definition) is 2.